The van der Waals surface area contributed by atoms with E-state index in [1.54, 1.807) is 0 Å². The van der Waals surface area contributed by atoms with Gasteiger partial charge in [-0.25, -0.2) is 0 Å². The van der Waals surface area contributed by atoms with E-state index in [1.165, 1.54) is 11.8 Å². The normalized spacial score (nSPS) is 17.2. The van der Waals surface area contributed by atoms with Crippen LogP contribution in [0.1, 0.15) is 26.3 Å². The molecule has 104 valence electrons. The van der Waals surface area contributed by atoms with Crippen LogP contribution in [-0.2, 0) is 5.54 Å². The maximum absolute atomic E-state index is 9.06. The Morgan fingerprint density at radius 3 is 2.80 bits per heavy atom. The summed E-state index contributed by atoms with van der Waals surface area (Å²) < 4.78 is 0. The molecule has 1 aliphatic rings. The van der Waals surface area contributed by atoms with Gasteiger partial charge < -0.3 is 11.1 Å². The van der Waals surface area contributed by atoms with Crippen LogP contribution in [0.15, 0.2) is 39.9 Å². The summed E-state index contributed by atoms with van der Waals surface area (Å²) in [6.45, 7) is 6.14. The minimum absolute atomic E-state index is 0.207. The van der Waals surface area contributed by atoms with E-state index < -0.39 is 0 Å². The molecular weight excluding hydrogens is 268 g/mol. The molecule has 1 aromatic rings. The van der Waals surface area contributed by atoms with E-state index in [4.69, 9.17) is 16.0 Å². The molecule has 0 aromatic heterocycles. The van der Waals surface area contributed by atoms with Crippen LogP contribution in [0.25, 0.3) is 0 Å². The van der Waals surface area contributed by atoms with Crippen molar-refractivity contribution in [2.45, 2.75) is 26.3 Å². The van der Waals surface area contributed by atoms with Crippen molar-refractivity contribution in [2.24, 2.45) is 10.7 Å². The summed E-state index contributed by atoms with van der Waals surface area (Å²) in [6, 6.07) is 10.1. The summed E-state index contributed by atoms with van der Waals surface area (Å²) >= 11 is 1.53. The van der Waals surface area contributed by atoms with Gasteiger partial charge in [0.2, 0.25) is 0 Å². The number of nitrogens with one attached hydrogen (secondary N) is 1. The first-order valence-corrected chi connectivity index (χ1v) is 7.47. The lowest BCUT2D eigenvalue weighted by Crippen LogP contribution is -2.30. The lowest BCUT2D eigenvalue weighted by atomic mass is 9.91. The molecule has 0 spiro atoms. The number of fused-ring (bicyclic) bond motifs is 1. The molecule has 3 N–H and O–H groups in total. The van der Waals surface area contributed by atoms with Crippen LogP contribution < -0.4 is 11.1 Å². The molecule has 2 rings (SSSR count). The van der Waals surface area contributed by atoms with Crippen LogP contribution in [0.5, 0.6) is 0 Å². The first-order valence-electron chi connectivity index (χ1n) is 6.49. The molecule has 0 atom stereocenters. The number of nitrogens with zero attached hydrogens (tertiary/aromatic N) is 2. The van der Waals surface area contributed by atoms with Gasteiger partial charge >= 0.3 is 0 Å². The minimum Gasteiger partial charge on any atom is -0.389 e. The standard InChI is InChI=1S/C15H18N4S/c1-4-20-13(11(17)9-16)14-18-12-8-6-5-7-10(12)15(2,3)19-14/h5-8H,4,17H2,1-3H3,(H,18,19). The van der Waals surface area contributed by atoms with Crippen molar-refractivity contribution in [3.63, 3.8) is 0 Å². The number of hydrogen-bond acceptors (Lipinski definition) is 5. The Morgan fingerprint density at radius 1 is 1.45 bits per heavy atom. The number of amidine groups is 1. The van der Waals surface area contributed by atoms with Crippen LogP contribution >= 0.6 is 11.8 Å². The van der Waals surface area contributed by atoms with Crippen molar-refractivity contribution in [1.29, 1.82) is 5.26 Å². The second kappa shape index (κ2) is 5.59. The van der Waals surface area contributed by atoms with E-state index in [0.717, 1.165) is 21.9 Å². The monoisotopic (exact) mass is 286 g/mol. The molecular formula is C15H18N4S. The summed E-state index contributed by atoms with van der Waals surface area (Å²) in [7, 11) is 0. The second-order valence-electron chi connectivity index (χ2n) is 4.98. The third kappa shape index (κ3) is 2.66. The molecule has 0 unspecified atom stereocenters. The molecule has 1 heterocycles. The summed E-state index contributed by atoms with van der Waals surface area (Å²) in [6.07, 6.45) is 0. The van der Waals surface area contributed by atoms with E-state index in [0.29, 0.717) is 5.84 Å². The molecule has 0 saturated heterocycles. The van der Waals surface area contributed by atoms with Crippen LogP contribution in [0.4, 0.5) is 5.69 Å². The highest BCUT2D eigenvalue weighted by Gasteiger charge is 2.29. The number of hydrogen-bond donors (Lipinski definition) is 2. The number of nitrogens with two attached hydrogens (primary N) is 1. The molecule has 1 aromatic carbocycles. The van der Waals surface area contributed by atoms with Gasteiger partial charge in [0.05, 0.1) is 10.4 Å². The third-order valence-electron chi connectivity index (χ3n) is 3.10. The first kappa shape index (κ1) is 14.5. The fourth-order valence-corrected chi connectivity index (χ4v) is 2.92. The van der Waals surface area contributed by atoms with Crippen LogP contribution in [0.2, 0.25) is 0 Å². The Kier molecular flexibility index (Phi) is 4.05. The van der Waals surface area contributed by atoms with Crippen molar-refractivity contribution in [1.82, 2.24) is 0 Å². The second-order valence-corrected chi connectivity index (χ2v) is 6.25. The summed E-state index contributed by atoms with van der Waals surface area (Å²) in [5.41, 5.74) is 7.84. The lowest BCUT2D eigenvalue weighted by Gasteiger charge is -2.31. The van der Waals surface area contributed by atoms with Crippen molar-refractivity contribution in [3.8, 4) is 6.07 Å². The molecule has 0 radical (unpaired) electrons. The summed E-state index contributed by atoms with van der Waals surface area (Å²) in [5.74, 6) is 1.51. The predicted molar refractivity (Wildman–Crippen MR) is 85.5 cm³/mol. The predicted octanol–water partition coefficient (Wildman–Crippen LogP) is 3.19. The molecule has 0 amide bonds. The molecule has 20 heavy (non-hydrogen) atoms. The number of nitriles is 1. The summed E-state index contributed by atoms with van der Waals surface area (Å²) in [4.78, 5) is 5.46. The van der Waals surface area contributed by atoms with Gasteiger partial charge in [0.15, 0.2) is 0 Å². The SMILES string of the molecule is CCSC(C1=NC(C)(C)c2ccccc2N1)=C(N)C#N. The Bertz CT molecular complexity index is 623. The Balaban J connectivity index is 2.51. The van der Waals surface area contributed by atoms with Crippen LogP contribution in [-0.4, -0.2) is 11.6 Å². The van der Waals surface area contributed by atoms with E-state index in [-0.39, 0.29) is 11.2 Å². The number of para-hydroxylation sites is 1. The van der Waals surface area contributed by atoms with Crippen molar-refractivity contribution in [3.05, 3.63) is 40.4 Å². The van der Waals surface area contributed by atoms with Crippen molar-refractivity contribution < 1.29 is 0 Å². The van der Waals surface area contributed by atoms with Gasteiger partial charge in [-0.3, -0.25) is 4.99 Å². The van der Waals surface area contributed by atoms with E-state index in [1.807, 2.05) is 31.2 Å². The minimum atomic E-state index is -0.341. The molecule has 0 bridgehead atoms. The number of allylic oxidation sites excluding steroid dienone is 1. The maximum Gasteiger partial charge on any atom is 0.143 e. The zero-order valence-corrected chi connectivity index (χ0v) is 12.7. The number of thioether (sulfide) groups is 1. The molecule has 0 saturated carbocycles. The van der Waals surface area contributed by atoms with E-state index >= 15 is 0 Å². The lowest BCUT2D eigenvalue weighted by molar-refractivity contribution is 0.555. The molecule has 0 fully saturated rings. The average molecular weight is 286 g/mol. The summed E-state index contributed by atoms with van der Waals surface area (Å²) in [5, 5.41) is 12.4. The van der Waals surface area contributed by atoms with Gasteiger partial charge in [0, 0.05) is 11.3 Å². The van der Waals surface area contributed by atoms with Gasteiger partial charge in [-0.05, 0) is 25.7 Å². The van der Waals surface area contributed by atoms with Crippen molar-refractivity contribution in [2.75, 3.05) is 11.1 Å². The van der Waals surface area contributed by atoms with Crippen molar-refractivity contribution >= 4 is 23.3 Å². The Labute approximate surface area is 123 Å². The largest absolute Gasteiger partial charge is 0.389 e. The molecule has 1 aliphatic heterocycles. The van der Waals surface area contributed by atoms with E-state index in [9.17, 15) is 0 Å². The average Bonchev–Trinajstić information content (AvgIpc) is 2.43. The molecule has 4 nitrogen and oxygen atoms in total. The fourth-order valence-electron chi connectivity index (χ4n) is 2.20. The number of rotatable bonds is 3. The fraction of sp³-hybridized carbons (Fsp3) is 0.333. The zero-order chi connectivity index (χ0) is 14.8. The van der Waals surface area contributed by atoms with Gasteiger partial charge in [-0.15, -0.1) is 11.8 Å². The van der Waals surface area contributed by atoms with Gasteiger partial charge in [0.25, 0.3) is 0 Å². The number of aliphatic imine (C=N–C) groups is 1. The van der Waals surface area contributed by atoms with Crippen LogP contribution in [0.3, 0.4) is 0 Å². The smallest absolute Gasteiger partial charge is 0.143 e. The first-order chi connectivity index (χ1) is 9.49. The van der Waals surface area contributed by atoms with Crippen LogP contribution in [0, 0.1) is 11.3 Å². The third-order valence-corrected chi connectivity index (χ3v) is 4.09. The molecule has 0 aliphatic carbocycles. The Morgan fingerprint density at radius 2 is 2.15 bits per heavy atom. The topological polar surface area (TPSA) is 74.2 Å². The highest BCUT2D eigenvalue weighted by molar-refractivity contribution is 8.04. The molecule has 5 heteroatoms. The highest BCUT2D eigenvalue weighted by Crippen LogP contribution is 2.37. The quantitative estimate of drug-likeness (QED) is 0.837. The zero-order valence-electron chi connectivity index (χ0n) is 11.9. The van der Waals surface area contributed by atoms with Gasteiger partial charge in [0.1, 0.15) is 17.6 Å². The highest BCUT2D eigenvalue weighted by atomic mass is 32.2. The van der Waals surface area contributed by atoms with E-state index in [2.05, 4.69) is 25.2 Å². The van der Waals surface area contributed by atoms with Gasteiger partial charge in [-0.2, -0.15) is 5.26 Å². The van der Waals surface area contributed by atoms with Gasteiger partial charge in [-0.1, -0.05) is 25.1 Å². The number of benzene rings is 1. The maximum atomic E-state index is 9.06. The number of anilines is 1. The Hall–Kier alpha value is -1.93.